The van der Waals surface area contributed by atoms with Gasteiger partial charge in [-0.1, -0.05) is 19.1 Å². The van der Waals surface area contributed by atoms with E-state index >= 15 is 0 Å². The van der Waals surface area contributed by atoms with E-state index in [0.29, 0.717) is 17.7 Å². The van der Waals surface area contributed by atoms with E-state index in [9.17, 15) is 4.79 Å². The van der Waals surface area contributed by atoms with Gasteiger partial charge < -0.3 is 9.47 Å². The van der Waals surface area contributed by atoms with Crippen molar-refractivity contribution in [3.63, 3.8) is 0 Å². The van der Waals surface area contributed by atoms with Gasteiger partial charge in [0.05, 0.1) is 23.8 Å². The molecule has 0 radical (unpaired) electrons. The minimum Gasteiger partial charge on any atom is -0.496 e. The van der Waals surface area contributed by atoms with Crippen LogP contribution < -0.4 is 14.9 Å². The fourth-order valence-electron chi connectivity index (χ4n) is 2.35. The summed E-state index contributed by atoms with van der Waals surface area (Å²) in [4.78, 5) is 12.8. The molecule has 1 aromatic heterocycles. The third-order valence-corrected chi connectivity index (χ3v) is 4.52. The Hall–Kier alpha value is -2.07. The largest absolute Gasteiger partial charge is 0.496 e. The Morgan fingerprint density at radius 2 is 1.86 bits per heavy atom. The Bertz CT molecular complexity index is 852. The number of hydrogen-bond donors (Lipinski definition) is 0. The van der Waals surface area contributed by atoms with Crippen molar-refractivity contribution < 1.29 is 9.47 Å². The molecule has 0 N–H and O–H groups in total. The fourth-order valence-corrected chi connectivity index (χ4v) is 3.51. The van der Waals surface area contributed by atoms with Gasteiger partial charge in [-0.3, -0.25) is 4.79 Å². The lowest BCUT2D eigenvalue weighted by molar-refractivity contribution is 0.321. The van der Waals surface area contributed by atoms with E-state index in [-0.39, 0.29) is 5.43 Å². The van der Waals surface area contributed by atoms with Gasteiger partial charge in [0.1, 0.15) is 11.5 Å². The highest BCUT2D eigenvalue weighted by atomic mass is 32.1. The van der Waals surface area contributed by atoms with E-state index in [4.69, 9.17) is 9.47 Å². The number of fused-ring (bicyclic) bond motifs is 2. The van der Waals surface area contributed by atoms with Gasteiger partial charge in [0, 0.05) is 10.1 Å². The molecule has 0 spiro atoms. The van der Waals surface area contributed by atoms with Gasteiger partial charge in [0.2, 0.25) is 0 Å². The topological polar surface area (TPSA) is 35.5 Å². The van der Waals surface area contributed by atoms with Gasteiger partial charge in [-0.15, -0.1) is 11.3 Å². The first-order valence-corrected chi connectivity index (χ1v) is 7.73. The van der Waals surface area contributed by atoms with Crippen LogP contribution in [0.2, 0.25) is 0 Å². The maximum Gasteiger partial charge on any atom is 0.199 e. The van der Waals surface area contributed by atoms with Crippen LogP contribution in [0.3, 0.4) is 0 Å². The molecule has 3 rings (SSSR count). The van der Waals surface area contributed by atoms with Gasteiger partial charge in [0.25, 0.3) is 0 Å². The first kappa shape index (κ1) is 13.9. The normalized spacial score (nSPS) is 11.0. The molecule has 0 atom stereocenters. The molecule has 21 heavy (non-hydrogen) atoms. The Morgan fingerprint density at radius 3 is 2.62 bits per heavy atom. The summed E-state index contributed by atoms with van der Waals surface area (Å²) in [5.74, 6) is 1.35. The minimum absolute atomic E-state index is 0.00171. The smallest absolute Gasteiger partial charge is 0.199 e. The Balaban J connectivity index is 2.40. The molecule has 0 bridgehead atoms. The van der Waals surface area contributed by atoms with Crippen LogP contribution in [0.4, 0.5) is 0 Å². The van der Waals surface area contributed by atoms with Crippen molar-refractivity contribution in [3.05, 3.63) is 46.6 Å². The highest BCUT2D eigenvalue weighted by Gasteiger charge is 2.14. The summed E-state index contributed by atoms with van der Waals surface area (Å²) in [5.41, 5.74) is -0.00171. The van der Waals surface area contributed by atoms with Crippen molar-refractivity contribution in [2.75, 3.05) is 13.7 Å². The maximum atomic E-state index is 12.8. The zero-order chi connectivity index (χ0) is 14.8. The number of benzene rings is 2. The third kappa shape index (κ3) is 2.36. The summed E-state index contributed by atoms with van der Waals surface area (Å²) < 4.78 is 13.0. The number of rotatable bonds is 4. The molecule has 2 aromatic carbocycles. The number of methoxy groups -OCH3 is 1. The molecule has 108 valence electrons. The standard InChI is InChI=1S/C17H16O3S/c1-3-10-20-13-9-8-12(19-2)15-16(18)11-6-4-5-7-14(11)21-17(13)15/h4-9H,3,10H2,1-2H3. The first-order valence-electron chi connectivity index (χ1n) is 6.91. The lowest BCUT2D eigenvalue weighted by atomic mass is 10.1. The Morgan fingerprint density at radius 1 is 1.10 bits per heavy atom. The fraction of sp³-hybridized carbons (Fsp3) is 0.235. The number of hydrogen-bond acceptors (Lipinski definition) is 4. The molecule has 4 heteroatoms. The van der Waals surface area contributed by atoms with E-state index in [0.717, 1.165) is 27.0 Å². The van der Waals surface area contributed by atoms with E-state index in [1.54, 1.807) is 24.5 Å². The molecular weight excluding hydrogens is 284 g/mol. The molecule has 0 amide bonds. The van der Waals surface area contributed by atoms with Crippen molar-refractivity contribution in [1.82, 2.24) is 0 Å². The van der Waals surface area contributed by atoms with Gasteiger partial charge in [-0.2, -0.15) is 0 Å². The predicted molar refractivity (Wildman–Crippen MR) is 87.9 cm³/mol. The van der Waals surface area contributed by atoms with Crippen LogP contribution in [-0.2, 0) is 0 Å². The van der Waals surface area contributed by atoms with Crippen molar-refractivity contribution in [3.8, 4) is 11.5 Å². The second-order valence-corrected chi connectivity index (χ2v) is 5.80. The van der Waals surface area contributed by atoms with Crippen LogP contribution in [0.25, 0.3) is 20.2 Å². The van der Waals surface area contributed by atoms with Crippen LogP contribution in [0, 0.1) is 0 Å². The molecule has 1 heterocycles. The van der Waals surface area contributed by atoms with Crippen molar-refractivity contribution in [2.24, 2.45) is 0 Å². The SMILES string of the molecule is CCCOc1ccc(OC)c2c(=O)c3ccccc3sc12. The Kier molecular flexibility index (Phi) is 3.80. The summed E-state index contributed by atoms with van der Waals surface area (Å²) >= 11 is 1.57. The average molecular weight is 300 g/mol. The molecule has 0 fully saturated rings. The second-order valence-electron chi connectivity index (χ2n) is 4.75. The van der Waals surface area contributed by atoms with Crippen LogP contribution in [0.15, 0.2) is 41.2 Å². The van der Waals surface area contributed by atoms with Gasteiger partial charge in [0.15, 0.2) is 5.43 Å². The molecule has 0 aliphatic rings. The maximum absolute atomic E-state index is 12.8. The van der Waals surface area contributed by atoms with Crippen LogP contribution in [0.5, 0.6) is 11.5 Å². The zero-order valence-corrected chi connectivity index (χ0v) is 12.8. The van der Waals surface area contributed by atoms with E-state index in [2.05, 4.69) is 6.92 Å². The summed E-state index contributed by atoms with van der Waals surface area (Å²) in [6.45, 7) is 2.69. The van der Waals surface area contributed by atoms with E-state index in [1.807, 2.05) is 30.3 Å². The van der Waals surface area contributed by atoms with Gasteiger partial charge in [-0.25, -0.2) is 0 Å². The third-order valence-electron chi connectivity index (χ3n) is 3.34. The number of ether oxygens (including phenoxy) is 2. The molecular formula is C17H16O3S. The monoisotopic (exact) mass is 300 g/mol. The summed E-state index contributed by atoms with van der Waals surface area (Å²) in [6.07, 6.45) is 0.927. The lowest BCUT2D eigenvalue weighted by Gasteiger charge is -2.11. The van der Waals surface area contributed by atoms with E-state index in [1.165, 1.54) is 0 Å². The second kappa shape index (κ2) is 5.74. The highest BCUT2D eigenvalue weighted by Crippen LogP contribution is 2.36. The molecule has 3 aromatic rings. The molecule has 0 unspecified atom stereocenters. The van der Waals surface area contributed by atoms with Crippen molar-refractivity contribution in [1.29, 1.82) is 0 Å². The predicted octanol–water partition coefficient (Wildman–Crippen LogP) is 4.21. The van der Waals surface area contributed by atoms with Crippen molar-refractivity contribution >= 4 is 31.5 Å². The molecule has 0 aliphatic carbocycles. The average Bonchev–Trinajstić information content (AvgIpc) is 2.53. The van der Waals surface area contributed by atoms with Crippen LogP contribution in [0.1, 0.15) is 13.3 Å². The van der Waals surface area contributed by atoms with E-state index < -0.39 is 0 Å². The molecule has 3 nitrogen and oxygen atoms in total. The molecule has 0 aliphatic heterocycles. The first-order chi connectivity index (χ1) is 10.3. The Labute approximate surface area is 126 Å². The highest BCUT2D eigenvalue weighted by molar-refractivity contribution is 7.25. The summed E-state index contributed by atoms with van der Waals surface area (Å²) in [5, 5.41) is 1.33. The summed E-state index contributed by atoms with van der Waals surface area (Å²) in [7, 11) is 1.58. The summed E-state index contributed by atoms with van der Waals surface area (Å²) in [6, 6.07) is 11.3. The minimum atomic E-state index is -0.00171. The van der Waals surface area contributed by atoms with Gasteiger partial charge >= 0.3 is 0 Å². The van der Waals surface area contributed by atoms with Gasteiger partial charge in [-0.05, 0) is 30.7 Å². The molecule has 0 saturated carbocycles. The van der Waals surface area contributed by atoms with Crippen LogP contribution in [-0.4, -0.2) is 13.7 Å². The zero-order valence-electron chi connectivity index (χ0n) is 12.0. The lowest BCUT2D eigenvalue weighted by Crippen LogP contribution is -2.04. The van der Waals surface area contributed by atoms with Crippen molar-refractivity contribution in [2.45, 2.75) is 13.3 Å². The van der Waals surface area contributed by atoms with Crippen LogP contribution >= 0.6 is 11.3 Å². The quantitative estimate of drug-likeness (QED) is 0.677. The molecule has 0 saturated heterocycles.